The summed E-state index contributed by atoms with van der Waals surface area (Å²) in [4.78, 5) is 16.2. The molecule has 0 spiro atoms. The number of benzene rings is 1. The van der Waals surface area contributed by atoms with Crippen molar-refractivity contribution in [1.82, 2.24) is 10.3 Å². The largest absolute Gasteiger partial charge is 0.495 e. The van der Waals surface area contributed by atoms with Crippen molar-refractivity contribution in [2.24, 2.45) is 0 Å². The predicted octanol–water partition coefficient (Wildman–Crippen LogP) is 2.87. The topological polar surface area (TPSA) is 81.7 Å². The summed E-state index contributed by atoms with van der Waals surface area (Å²) in [5.41, 5.74) is 1.62. The number of rotatable bonds is 8. The van der Waals surface area contributed by atoms with Crippen LogP contribution in [-0.2, 0) is 4.74 Å². The van der Waals surface area contributed by atoms with Crippen LogP contribution < -0.4 is 20.1 Å². The molecule has 0 unspecified atom stereocenters. The molecule has 0 saturated carbocycles. The van der Waals surface area contributed by atoms with E-state index in [1.54, 1.807) is 44.7 Å². The summed E-state index contributed by atoms with van der Waals surface area (Å²) in [6.07, 6.45) is 1.55. The lowest BCUT2D eigenvalue weighted by Gasteiger charge is -2.14. The molecule has 0 radical (unpaired) electrons. The summed E-state index contributed by atoms with van der Waals surface area (Å²) in [6.45, 7) is 0.850. The Morgan fingerprint density at radius 3 is 2.60 bits per heavy atom. The summed E-state index contributed by atoms with van der Waals surface area (Å²) >= 11 is 6.10. The first-order chi connectivity index (χ1) is 12.1. The van der Waals surface area contributed by atoms with Gasteiger partial charge in [-0.1, -0.05) is 11.6 Å². The molecule has 0 bridgehead atoms. The van der Waals surface area contributed by atoms with Gasteiger partial charge in [-0.05, 0) is 12.1 Å². The highest BCUT2D eigenvalue weighted by Crippen LogP contribution is 2.37. The van der Waals surface area contributed by atoms with Crippen LogP contribution in [0.2, 0.25) is 5.02 Å². The van der Waals surface area contributed by atoms with Gasteiger partial charge in [0.15, 0.2) is 0 Å². The van der Waals surface area contributed by atoms with Crippen molar-refractivity contribution in [2.45, 2.75) is 0 Å². The maximum atomic E-state index is 12.1. The number of hydrogen-bond acceptors (Lipinski definition) is 6. The van der Waals surface area contributed by atoms with Gasteiger partial charge in [0.2, 0.25) is 0 Å². The van der Waals surface area contributed by atoms with Gasteiger partial charge in [0, 0.05) is 37.7 Å². The van der Waals surface area contributed by atoms with Crippen LogP contribution in [0.5, 0.6) is 11.5 Å². The van der Waals surface area contributed by atoms with Crippen molar-refractivity contribution in [3.05, 3.63) is 41.2 Å². The van der Waals surface area contributed by atoms with Crippen LogP contribution in [0.3, 0.4) is 0 Å². The molecule has 1 aromatic carbocycles. The molecule has 0 aliphatic heterocycles. The number of aromatic nitrogens is 1. The van der Waals surface area contributed by atoms with Crippen LogP contribution >= 0.6 is 11.6 Å². The normalized spacial score (nSPS) is 10.2. The maximum absolute atomic E-state index is 12.1. The first-order valence-electron chi connectivity index (χ1n) is 7.50. The Labute approximate surface area is 151 Å². The fraction of sp³-hybridized carbons (Fsp3) is 0.294. The highest BCUT2D eigenvalue weighted by molar-refractivity contribution is 6.32. The lowest BCUT2D eigenvalue weighted by molar-refractivity contribution is 0.0932. The Balaban J connectivity index is 2.20. The van der Waals surface area contributed by atoms with E-state index in [-0.39, 0.29) is 5.91 Å². The summed E-state index contributed by atoms with van der Waals surface area (Å²) in [5, 5.41) is 6.34. The number of carbonyl (C=O) groups is 1. The number of anilines is 2. The SMILES string of the molecule is COCCNC(=O)c1cc(Nc2cc(OC)c(Cl)cc2OC)ccn1. The van der Waals surface area contributed by atoms with Crippen LogP contribution in [0, 0.1) is 0 Å². The van der Waals surface area contributed by atoms with E-state index < -0.39 is 0 Å². The number of ether oxygens (including phenoxy) is 3. The lowest BCUT2D eigenvalue weighted by Crippen LogP contribution is -2.27. The third kappa shape index (κ3) is 4.98. The van der Waals surface area contributed by atoms with Gasteiger partial charge < -0.3 is 24.8 Å². The van der Waals surface area contributed by atoms with Crippen LogP contribution in [0.4, 0.5) is 11.4 Å². The second-order valence-corrected chi connectivity index (χ2v) is 5.40. The van der Waals surface area contributed by atoms with E-state index >= 15 is 0 Å². The van der Waals surface area contributed by atoms with E-state index in [2.05, 4.69) is 15.6 Å². The van der Waals surface area contributed by atoms with E-state index in [0.29, 0.717) is 46.7 Å². The standard InChI is InChI=1S/C17H20ClN3O4/c1-23-7-6-20-17(22)14-8-11(4-5-19-14)21-13-10-15(24-2)12(18)9-16(13)25-3/h4-5,8-10H,6-7H2,1-3H3,(H,19,21)(H,20,22). The van der Waals surface area contributed by atoms with Crippen LogP contribution in [0.25, 0.3) is 0 Å². The van der Waals surface area contributed by atoms with Crippen LogP contribution in [0.1, 0.15) is 10.5 Å². The minimum Gasteiger partial charge on any atom is -0.495 e. The molecule has 2 rings (SSSR count). The quantitative estimate of drug-likeness (QED) is 0.700. The molecule has 7 nitrogen and oxygen atoms in total. The highest BCUT2D eigenvalue weighted by Gasteiger charge is 2.12. The highest BCUT2D eigenvalue weighted by atomic mass is 35.5. The molecule has 0 aliphatic carbocycles. The second-order valence-electron chi connectivity index (χ2n) is 4.99. The molecule has 2 aromatic rings. The van der Waals surface area contributed by atoms with Crippen molar-refractivity contribution < 1.29 is 19.0 Å². The van der Waals surface area contributed by atoms with Gasteiger partial charge in [0.25, 0.3) is 5.91 Å². The van der Waals surface area contributed by atoms with Crippen LogP contribution in [0.15, 0.2) is 30.5 Å². The van der Waals surface area contributed by atoms with E-state index in [1.807, 2.05) is 0 Å². The maximum Gasteiger partial charge on any atom is 0.270 e. The number of nitrogens with one attached hydrogen (secondary N) is 2. The Hall–Kier alpha value is -2.51. The molecule has 0 atom stereocenters. The second kappa shape index (κ2) is 9.10. The van der Waals surface area contributed by atoms with Crippen molar-refractivity contribution in [3.63, 3.8) is 0 Å². The summed E-state index contributed by atoms with van der Waals surface area (Å²) in [6, 6.07) is 6.76. The van der Waals surface area contributed by atoms with Gasteiger partial charge in [0.05, 0.1) is 31.5 Å². The third-order valence-electron chi connectivity index (χ3n) is 3.34. The Bertz CT molecular complexity index is 740. The van der Waals surface area contributed by atoms with Crippen molar-refractivity contribution in [3.8, 4) is 11.5 Å². The smallest absolute Gasteiger partial charge is 0.270 e. The van der Waals surface area contributed by atoms with Gasteiger partial charge in [-0.2, -0.15) is 0 Å². The van der Waals surface area contributed by atoms with Crippen LogP contribution in [-0.4, -0.2) is 45.4 Å². The molecule has 1 aromatic heterocycles. The minimum absolute atomic E-state index is 0.277. The molecule has 0 aliphatic rings. The Kier molecular flexibility index (Phi) is 6.85. The summed E-state index contributed by atoms with van der Waals surface area (Å²) in [7, 11) is 4.65. The number of carbonyl (C=O) groups excluding carboxylic acids is 1. The molecule has 0 fully saturated rings. The van der Waals surface area contributed by atoms with Gasteiger partial charge in [-0.25, -0.2) is 0 Å². The fourth-order valence-corrected chi connectivity index (χ4v) is 2.33. The lowest BCUT2D eigenvalue weighted by atomic mass is 10.2. The van der Waals surface area contributed by atoms with Crippen molar-refractivity contribution in [2.75, 3.05) is 39.8 Å². The Morgan fingerprint density at radius 1 is 1.16 bits per heavy atom. The number of methoxy groups -OCH3 is 3. The first kappa shape index (κ1) is 18.8. The zero-order valence-corrected chi connectivity index (χ0v) is 15.0. The molecule has 25 heavy (non-hydrogen) atoms. The predicted molar refractivity (Wildman–Crippen MR) is 96.3 cm³/mol. The molecule has 8 heteroatoms. The van der Waals surface area contributed by atoms with Gasteiger partial charge in [0.1, 0.15) is 17.2 Å². The minimum atomic E-state index is -0.277. The molecular weight excluding hydrogens is 346 g/mol. The number of hydrogen-bond donors (Lipinski definition) is 2. The third-order valence-corrected chi connectivity index (χ3v) is 3.63. The number of amides is 1. The zero-order chi connectivity index (χ0) is 18.2. The number of nitrogens with zero attached hydrogens (tertiary/aromatic N) is 1. The average molecular weight is 366 g/mol. The molecule has 1 heterocycles. The van der Waals surface area contributed by atoms with E-state index in [9.17, 15) is 4.79 Å². The van der Waals surface area contributed by atoms with Gasteiger partial charge in [-0.3, -0.25) is 9.78 Å². The number of pyridine rings is 1. The molecule has 2 N–H and O–H groups in total. The monoisotopic (exact) mass is 365 g/mol. The fourth-order valence-electron chi connectivity index (χ4n) is 2.10. The molecular formula is C17H20ClN3O4. The summed E-state index contributed by atoms with van der Waals surface area (Å²) in [5.74, 6) is 0.784. The number of halogens is 1. The molecule has 0 saturated heterocycles. The van der Waals surface area contributed by atoms with Gasteiger partial charge >= 0.3 is 0 Å². The average Bonchev–Trinajstić information content (AvgIpc) is 2.63. The van der Waals surface area contributed by atoms with Crippen molar-refractivity contribution >= 4 is 28.9 Å². The molecule has 134 valence electrons. The van der Waals surface area contributed by atoms with E-state index in [4.69, 9.17) is 25.8 Å². The molecule has 1 amide bonds. The van der Waals surface area contributed by atoms with Gasteiger partial charge in [-0.15, -0.1) is 0 Å². The first-order valence-corrected chi connectivity index (χ1v) is 7.88. The van der Waals surface area contributed by atoms with E-state index in [1.165, 1.54) is 7.11 Å². The van der Waals surface area contributed by atoms with Crippen molar-refractivity contribution in [1.29, 1.82) is 0 Å². The van der Waals surface area contributed by atoms with E-state index in [0.717, 1.165) is 0 Å². The summed E-state index contributed by atoms with van der Waals surface area (Å²) < 4.78 is 15.5. The zero-order valence-electron chi connectivity index (χ0n) is 14.3. The Morgan fingerprint density at radius 2 is 1.92 bits per heavy atom.